The summed E-state index contributed by atoms with van der Waals surface area (Å²) in [5.41, 5.74) is 1.22. The molecular formula is C37H50N2O6Si2. The van der Waals surface area contributed by atoms with E-state index in [1.807, 2.05) is 36.4 Å². The van der Waals surface area contributed by atoms with Crippen LogP contribution in [0.4, 0.5) is 10.5 Å². The second-order valence-electron chi connectivity index (χ2n) is 14.9. The Morgan fingerprint density at radius 3 is 1.94 bits per heavy atom. The van der Waals surface area contributed by atoms with E-state index in [1.165, 1.54) is 7.11 Å². The second kappa shape index (κ2) is 13.7. The first-order valence-corrected chi connectivity index (χ1v) is 20.9. The number of likely N-dealkylation sites (tertiary alicyclic amines) is 1. The lowest BCUT2D eigenvalue weighted by Crippen LogP contribution is -2.68. The van der Waals surface area contributed by atoms with Gasteiger partial charge in [0, 0.05) is 12.6 Å². The molecule has 3 aromatic rings. The number of ether oxygens (including phenoxy) is 1. The molecule has 1 saturated heterocycles. The van der Waals surface area contributed by atoms with Crippen LogP contribution in [0.25, 0.3) is 0 Å². The van der Waals surface area contributed by atoms with Gasteiger partial charge in [-0.15, -0.1) is 0 Å². The third-order valence-electron chi connectivity index (χ3n) is 9.52. The fourth-order valence-electron chi connectivity index (χ4n) is 5.95. The number of benzene rings is 3. The molecule has 0 saturated carbocycles. The summed E-state index contributed by atoms with van der Waals surface area (Å²) in [5, 5.41) is 14.1. The van der Waals surface area contributed by atoms with E-state index in [1.54, 1.807) is 17.0 Å². The van der Waals surface area contributed by atoms with Gasteiger partial charge in [-0.25, -0.2) is 4.79 Å². The van der Waals surface area contributed by atoms with E-state index in [2.05, 4.69) is 90.8 Å². The minimum Gasteiger partial charge on any atom is -0.531 e. The number of amides is 2. The van der Waals surface area contributed by atoms with E-state index in [4.69, 9.17) is 13.6 Å². The van der Waals surface area contributed by atoms with Gasteiger partial charge in [-0.1, -0.05) is 114 Å². The maximum Gasteiger partial charge on any atom is 0.409 e. The highest BCUT2D eigenvalue weighted by molar-refractivity contribution is 7.00. The molecule has 1 aliphatic heterocycles. The van der Waals surface area contributed by atoms with Gasteiger partial charge in [-0.2, -0.15) is 0 Å². The van der Waals surface area contributed by atoms with Crippen molar-refractivity contribution in [3.8, 4) is 11.5 Å². The number of anilines is 1. The van der Waals surface area contributed by atoms with Crippen molar-refractivity contribution in [1.82, 2.24) is 4.90 Å². The smallest absolute Gasteiger partial charge is 0.409 e. The van der Waals surface area contributed by atoms with Crippen molar-refractivity contribution in [2.24, 2.45) is 0 Å². The Labute approximate surface area is 282 Å². The lowest BCUT2D eigenvalue weighted by Gasteiger charge is -2.43. The van der Waals surface area contributed by atoms with Crippen LogP contribution in [-0.2, 0) is 4.43 Å². The van der Waals surface area contributed by atoms with Gasteiger partial charge in [-0.3, -0.25) is 10.1 Å². The van der Waals surface area contributed by atoms with Gasteiger partial charge in [-0.05, 0) is 46.0 Å². The lowest BCUT2D eigenvalue weighted by atomic mass is 10.1. The molecule has 3 aromatic carbocycles. The maximum absolute atomic E-state index is 14.3. The van der Waals surface area contributed by atoms with Crippen LogP contribution >= 0.6 is 0 Å². The molecule has 2 N–H and O–H groups in total. The SMILES string of the molecule is C=C1CC(CO[Si](C)(C)C(C)(C)C)N(C(=O)c2cc(OC)c(O[Si](c3ccccc3)(c3ccccc3)C(C)(C)C)cc2NC(=O)O)C1. The van der Waals surface area contributed by atoms with Crippen LogP contribution < -0.4 is 24.9 Å². The molecule has 0 aromatic heterocycles. The first-order valence-electron chi connectivity index (χ1n) is 16.0. The van der Waals surface area contributed by atoms with Crippen LogP contribution in [0.1, 0.15) is 58.3 Å². The molecule has 0 aliphatic carbocycles. The molecule has 47 heavy (non-hydrogen) atoms. The van der Waals surface area contributed by atoms with Crippen molar-refractivity contribution >= 4 is 44.7 Å². The minimum atomic E-state index is -3.11. The van der Waals surface area contributed by atoms with Crippen molar-refractivity contribution in [2.45, 2.75) is 77.2 Å². The Hall–Kier alpha value is -3.87. The summed E-state index contributed by atoms with van der Waals surface area (Å²) in [6, 6.07) is 23.2. The Kier molecular flexibility index (Phi) is 10.5. The summed E-state index contributed by atoms with van der Waals surface area (Å²) in [6.07, 6.45) is -0.668. The molecule has 1 heterocycles. The highest BCUT2D eigenvalue weighted by Crippen LogP contribution is 2.43. The van der Waals surface area contributed by atoms with Crippen molar-refractivity contribution in [2.75, 3.05) is 25.6 Å². The van der Waals surface area contributed by atoms with E-state index < -0.39 is 22.7 Å². The minimum absolute atomic E-state index is 0.0182. The molecule has 1 unspecified atom stereocenters. The van der Waals surface area contributed by atoms with E-state index in [0.717, 1.165) is 15.9 Å². The van der Waals surface area contributed by atoms with Gasteiger partial charge in [0.2, 0.25) is 0 Å². The molecule has 0 spiro atoms. The molecule has 1 fully saturated rings. The Bertz CT molecular complexity index is 1560. The Morgan fingerprint density at radius 1 is 0.915 bits per heavy atom. The molecule has 252 valence electrons. The lowest BCUT2D eigenvalue weighted by molar-refractivity contribution is 0.0686. The van der Waals surface area contributed by atoms with Gasteiger partial charge < -0.3 is 23.6 Å². The van der Waals surface area contributed by atoms with Gasteiger partial charge in [0.05, 0.1) is 31.0 Å². The predicted octanol–water partition coefficient (Wildman–Crippen LogP) is 7.52. The summed E-state index contributed by atoms with van der Waals surface area (Å²) >= 11 is 0. The average molecular weight is 675 g/mol. The normalized spacial score (nSPS) is 15.8. The Balaban J connectivity index is 1.82. The molecule has 2 amide bonds. The fraction of sp³-hybridized carbons (Fsp3) is 0.405. The number of hydrogen-bond donors (Lipinski definition) is 2. The van der Waals surface area contributed by atoms with E-state index in [0.29, 0.717) is 31.1 Å². The quantitative estimate of drug-likeness (QED) is 0.171. The van der Waals surface area contributed by atoms with E-state index >= 15 is 0 Å². The molecule has 8 nitrogen and oxygen atoms in total. The number of hydrogen-bond acceptors (Lipinski definition) is 5. The standard InChI is InChI=1S/C37H50N2O6Si2/c1-26-21-27(25-44-46(9,10)36(2,3)4)39(24-26)34(40)30-22-32(43-8)33(23-31(30)38-35(41)42)45-47(37(5,6)7,28-17-13-11-14-18-28)29-19-15-12-16-20-29/h11-20,22-23,27,38H,1,21,24-25H2,2-10H3,(H,41,42). The van der Waals surface area contributed by atoms with Gasteiger partial charge >= 0.3 is 14.4 Å². The monoisotopic (exact) mass is 674 g/mol. The van der Waals surface area contributed by atoms with Crippen LogP contribution in [0.2, 0.25) is 23.2 Å². The van der Waals surface area contributed by atoms with Gasteiger partial charge in [0.15, 0.2) is 14.1 Å². The average Bonchev–Trinajstić information content (AvgIpc) is 3.38. The molecule has 10 heteroatoms. The number of nitrogens with one attached hydrogen (secondary N) is 1. The zero-order chi connectivity index (χ0) is 34.8. The summed E-state index contributed by atoms with van der Waals surface area (Å²) < 4.78 is 19.6. The topological polar surface area (TPSA) is 97.3 Å². The molecule has 1 aliphatic rings. The largest absolute Gasteiger partial charge is 0.531 e. The first-order chi connectivity index (χ1) is 21.9. The van der Waals surface area contributed by atoms with Crippen LogP contribution in [0.3, 0.4) is 0 Å². The van der Waals surface area contributed by atoms with E-state index in [-0.39, 0.29) is 33.3 Å². The number of carboxylic acid groups (broad SMARTS) is 1. The maximum atomic E-state index is 14.3. The van der Waals surface area contributed by atoms with Gasteiger partial charge in [0.25, 0.3) is 5.91 Å². The number of nitrogens with zero attached hydrogens (tertiary/aromatic N) is 1. The van der Waals surface area contributed by atoms with Crippen LogP contribution in [-0.4, -0.2) is 64.9 Å². The van der Waals surface area contributed by atoms with Crippen LogP contribution in [0.5, 0.6) is 11.5 Å². The molecule has 0 bridgehead atoms. The fourth-order valence-corrected chi connectivity index (χ4v) is 11.4. The number of carbonyl (C=O) groups excluding carboxylic acids is 1. The third-order valence-corrected chi connectivity index (χ3v) is 19.0. The van der Waals surface area contributed by atoms with E-state index in [9.17, 15) is 14.7 Å². The number of methoxy groups -OCH3 is 1. The highest BCUT2D eigenvalue weighted by atomic mass is 28.4. The molecule has 4 rings (SSSR count). The number of carbonyl (C=O) groups is 2. The summed E-state index contributed by atoms with van der Waals surface area (Å²) in [6.45, 7) is 22.3. The summed E-state index contributed by atoms with van der Waals surface area (Å²) in [7, 11) is -3.66. The molecular weight excluding hydrogens is 625 g/mol. The summed E-state index contributed by atoms with van der Waals surface area (Å²) in [4.78, 5) is 28.2. The third kappa shape index (κ3) is 7.50. The van der Waals surface area contributed by atoms with Crippen molar-refractivity contribution in [1.29, 1.82) is 0 Å². The molecule has 0 radical (unpaired) electrons. The van der Waals surface area contributed by atoms with Crippen molar-refractivity contribution in [3.63, 3.8) is 0 Å². The molecule has 1 atom stereocenters. The number of rotatable bonds is 10. The Morgan fingerprint density at radius 2 is 1.47 bits per heavy atom. The zero-order valence-electron chi connectivity index (χ0n) is 29.3. The second-order valence-corrected chi connectivity index (χ2v) is 23.9. The van der Waals surface area contributed by atoms with Crippen LogP contribution in [0, 0.1) is 0 Å². The van der Waals surface area contributed by atoms with Crippen LogP contribution in [0.15, 0.2) is 84.9 Å². The predicted molar refractivity (Wildman–Crippen MR) is 195 cm³/mol. The zero-order valence-corrected chi connectivity index (χ0v) is 31.3. The van der Waals surface area contributed by atoms with Gasteiger partial charge in [0.1, 0.15) is 5.75 Å². The van der Waals surface area contributed by atoms with Crippen molar-refractivity contribution in [3.05, 3.63) is 90.5 Å². The highest BCUT2D eigenvalue weighted by Gasteiger charge is 2.52. The first kappa shape index (κ1) is 36.0. The van der Waals surface area contributed by atoms with Crippen molar-refractivity contribution < 1.29 is 28.3 Å². The summed E-state index contributed by atoms with van der Waals surface area (Å²) in [5.74, 6) is 0.363.